The minimum atomic E-state index is -3.57. The quantitative estimate of drug-likeness (QED) is 0.741. The lowest BCUT2D eigenvalue weighted by Crippen LogP contribution is -2.40. The minimum Gasteiger partial charge on any atom is -0.379 e. The minimum absolute atomic E-state index is 0.215. The van der Waals surface area contributed by atoms with Crippen molar-refractivity contribution in [3.05, 3.63) is 23.2 Å². The molecule has 2 fully saturated rings. The van der Waals surface area contributed by atoms with Crippen molar-refractivity contribution in [3.63, 3.8) is 0 Å². The van der Waals surface area contributed by atoms with E-state index in [-0.39, 0.29) is 4.90 Å². The van der Waals surface area contributed by atoms with Crippen LogP contribution in [0.25, 0.3) is 0 Å². The topological polar surface area (TPSA) is 61.9 Å². The van der Waals surface area contributed by atoms with E-state index >= 15 is 0 Å². The van der Waals surface area contributed by atoms with E-state index in [0.29, 0.717) is 42.1 Å². The number of anilines is 1. The van der Waals surface area contributed by atoms with E-state index in [0.717, 1.165) is 25.9 Å². The van der Waals surface area contributed by atoms with Gasteiger partial charge in [-0.2, -0.15) is 4.31 Å². The maximum atomic E-state index is 12.9. The molecule has 1 N–H and O–H groups in total. The van der Waals surface area contributed by atoms with E-state index in [1.165, 1.54) is 29.6 Å². The molecule has 0 saturated carbocycles. The summed E-state index contributed by atoms with van der Waals surface area (Å²) >= 11 is 11.9. The van der Waals surface area contributed by atoms with Gasteiger partial charge in [0.15, 0.2) is 5.11 Å². The van der Waals surface area contributed by atoms with Gasteiger partial charge in [-0.25, -0.2) is 8.42 Å². The van der Waals surface area contributed by atoms with Crippen LogP contribution in [0, 0.1) is 0 Å². The molecule has 2 heterocycles. The normalized spacial score (nSPS) is 20.0. The number of thiocarbonyl (C=S) groups is 1. The third-order valence-electron chi connectivity index (χ3n) is 4.93. The Balaban J connectivity index is 1.75. The van der Waals surface area contributed by atoms with Crippen molar-refractivity contribution in [1.82, 2.24) is 9.21 Å². The average Bonchev–Trinajstić information content (AvgIpc) is 2.63. The number of sulfonamides is 1. The van der Waals surface area contributed by atoms with Crippen molar-refractivity contribution in [2.24, 2.45) is 0 Å². The van der Waals surface area contributed by atoms with Crippen LogP contribution < -0.4 is 5.32 Å². The fourth-order valence-corrected chi connectivity index (χ4v) is 5.23. The smallest absolute Gasteiger partial charge is 0.243 e. The summed E-state index contributed by atoms with van der Waals surface area (Å²) in [4.78, 5) is 2.36. The Hall–Kier alpha value is -0.930. The van der Waals surface area contributed by atoms with Crippen LogP contribution in [0.15, 0.2) is 23.1 Å². The van der Waals surface area contributed by atoms with Crippen LogP contribution in [-0.4, -0.2) is 62.1 Å². The van der Waals surface area contributed by atoms with Crippen LogP contribution in [0.3, 0.4) is 0 Å². The second-order valence-electron chi connectivity index (χ2n) is 6.84. The monoisotopic (exact) mass is 431 g/mol. The summed E-state index contributed by atoms with van der Waals surface area (Å²) in [5, 5.41) is 4.21. The third-order valence-corrected chi connectivity index (χ3v) is 7.52. The van der Waals surface area contributed by atoms with E-state index in [1.807, 2.05) is 0 Å². The summed E-state index contributed by atoms with van der Waals surface area (Å²) in [6.45, 7) is 3.37. The predicted octanol–water partition coefficient (Wildman–Crippen LogP) is 3.32. The molecular weight excluding hydrogens is 406 g/mol. The van der Waals surface area contributed by atoms with Gasteiger partial charge in [-0.1, -0.05) is 30.9 Å². The Kier molecular flexibility index (Phi) is 7.33. The summed E-state index contributed by atoms with van der Waals surface area (Å²) in [7, 11) is -3.57. The van der Waals surface area contributed by atoms with Gasteiger partial charge in [0, 0.05) is 26.2 Å². The van der Waals surface area contributed by atoms with Crippen LogP contribution in [0.1, 0.15) is 32.1 Å². The molecule has 2 saturated heterocycles. The molecule has 150 valence electrons. The van der Waals surface area contributed by atoms with Gasteiger partial charge < -0.3 is 15.0 Å². The van der Waals surface area contributed by atoms with Gasteiger partial charge in [-0.15, -0.1) is 0 Å². The zero-order valence-electron chi connectivity index (χ0n) is 15.3. The maximum absolute atomic E-state index is 12.9. The van der Waals surface area contributed by atoms with Crippen LogP contribution in [0.5, 0.6) is 0 Å². The first-order chi connectivity index (χ1) is 13.0. The van der Waals surface area contributed by atoms with E-state index in [2.05, 4.69) is 10.2 Å². The molecule has 27 heavy (non-hydrogen) atoms. The van der Waals surface area contributed by atoms with Crippen molar-refractivity contribution in [2.45, 2.75) is 37.0 Å². The van der Waals surface area contributed by atoms with Crippen molar-refractivity contribution < 1.29 is 13.2 Å². The number of nitrogens with zero attached hydrogens (tertiary/aromatic N) is 2. The highest BCUT2D eigenvalue weighted by Crippen LogP contribution is 2.28. The standard InChI is InChI=1S/C18H26ClN3O3S2/c19-16-7-6-15(27(23,24)22-10-12-25-13-11-22)14-17(16)20-18(26)21-8-4-2-1-3-5-9-21/h6-7,14H,1-5,8-13H2,(H,20,26). The van der Waals surface area contributed by atoms with Gasteiger partial charge in [0.25, 0.3) is 0 Å². The Morgan fingerprint density at radius 1 is 1.04 bits per heavy atom. The molecule has 0 amide bonds. The highest BCUT2D eigenvalue weighted by Gasteiger charge is 2.27. The lowest BCUT2D eigenvalue weighted by Gasteiger charge is -2.28. The lowest BCUT2D eigenvalue weighted by atomic mass is 10.1. The number of likely N-dealkylation sites (tertiary alicyclic amines) is 1. The summed E-state index contributed by atoms with van der Waals surface area (Å²) in [5.74, 6) is 0. The van der Waals surface area contributed by atoms with Gasteiger partial charge in [-0.3, -0.25) is 0 Å². The third kappa shape index (κ3) is 5.32. The first kappa shape index (κ1) is 20.8. The van der Waals surface area contributed by atoms with Crippen LogP contribution in [0.4, 0.5) is 5.69 Å². The van der Waals surface area contributed by atoms with Gasteiger partial charge in [0.1, 0.15) is 0 Å². The second kappa shape index (κ2) is 9.52. The average molecular weight is 432 g/mol. The fraction of sp³-hybridized carbons (Fsp3) is 0.611. The molecule has 6 nitrogen and oxygen atoms in total. The van der Waals surface area contributed by atoms with E-state index in [9.17, 15) is 8.42 Å². The van der Waals surface area contributed by atoms with E-state index < -0.39 is 10.0 Å². The number of benzene rings is 1. The van der Waals surface area contributed by atoms with Crippen molar-refractivity contribution in [1.29, 1.82) is 0 Å². The Morgan fingerprint density at radius 2 is 1.67 bits per heavy atom. The fourth-order valence-electron chi connectivity index (χ4n) is 3.34. The number of nitrogens with one attached hydrogen (secondary N) is 1. The molecule has 0 aliphatic carbocycles. The molecule has 0 unspecified atom stereocenters. The van der Waals surface area contributed by atoms with Crippen molar-refractivity contribution >= 4 is 44.6 Å². The number of rotatable bonds is 3. The van der Waals surface area contributed by atoms with Crippen LogP contribution in [0.2, 0.25) is 5.02 Å². The predicted molar refractivity (Wildman–Crippen MR) is 112 cm³/mol. The Bertz CT molecular complexity index is 759. The number of morpholine rings is 1. The van der Waals surface area contributed by atoms with Crippen molar-refractivity contribution in [2.75, 3.05) is 44.7 Å². The molecule has 1 aromatic rings. The highest BCUT2D eigenvalue weighted by molar-refractivity contribution is 7.89. The molecule has 9 heteroatoms. The van der Waals surface area contributed by atoms with E-state index in [1.54, 1.807) is 12.1 Å². The molecule has 0 atom stereocenters. The van der Waals surface area contributed by atoms with Gasteiger partial charge in [0.05, 0.1) is 28.8 Å². The van der Waals surface area contributed by atoms with Gasteiger partial charge >= 0.3 is 0 Å². The van der Waals surface area contributed by atoms with Crippen LogP contribution in [-0.2, 0) is 14.8 Å². The summed E-state index contributed by atoms with van der Waals surface area (Å²) < 4.78 is 32.5. The molecular formula is C18H26ClN3O3S2. The molecule has 0 aromatic heterocycles. The second-order valence-corrected chi connectivity index (χ2v) is 9.57. The largest absolute Gasteiger partial charge is 0.379 e. The molecule has 1 aromatic carbocycles. The Labute approximate surface area is 171 Å². The van der Waals surface area contributed by atoms with Gasteiger partial charge in [-0.05, 0) is 43.3 Å². The first-order valence-corrected chi connectivity index (χ1v) is 11.6. The molecule has 3 rings (SSSR count). The van der Waals surface area contributed by atoms with Gasteiger partial charge in [0.2, 0.25) is 10.0 Å². The molecule has 0 spiro atoms. The summed E-state index contributed by atoms with van der Waals surface area (Å²) in [6, 6.07) is 4.72. The Morgan fingerprint density at radius 3 is 2.33 bits per heavy atom. The first-order valence-electron chi connectivity index (χ1n) is 9.42. The maximum Gasteiger partial charge on any atom is 0.243 e. The van der Waals surface area contributed by atoms with Crippen LogP contribution >= 0.6 is 23.8 Å². The van der Waals surface area contributed by atoms with E-state index in [4.69, 9.17) is 28.6 Å². The molecule has 0 radical (unpaired) electrons. The molecule has 0 bridgehead atoms. The number of ether oxygens (including phenoxy) is 1. The molecule has 2 aliphatic heterocycles. The zero-order valence-corrected chi connectivity index (χ0v) is 17.7. The SMILES string of the molecule is O=S(=O)(c1ccc(Cl)c(NC(=S)N2CCCCCCC2)c1)N1CCOCC1. The zero-order chi connectivity index (χ0) is 19.3. The molecule has 2 aliphatic rings. The summed E-state index contributed by atoms with van der Waals surface area (Å²) in [6.07, 6.45) is 5.93. The lowest BCUT2D eigenvalue weighted by molar-refractivity contribution is 0.0730. The number of hydrogen-bond acceptors (Lipinski definition) is 4. The van der Waals surface area contributed by atoms with Crippen molar-refractivity contribution in [3.8, 4) is 0 Å². The summed E-state index contributed by atoms with van der Waals surface area (Å²) in [5.41, 5.74) is 0.526. The highest BCUT2D eigenvalue weighted by atomic mass is 35.5. The number of hydrogen-bond donors (Lipinski definition) is 1. The number of halogens is 1.